The van der Waals surface area contributed by atoms with Crippen LogP contribution in [-0.4, -0.2) is 17.6 Å². The molecule has 0 spiro atoms. The van der Waals surface area contributed by atoms with Gasteiger partial charge < -0.3 is 0 Å². The molecule has 2 atom stereocenters. The van der Waals surface area contributed by atoms with Gasteiger partial charge in [0.15, 0.2) is 5.66 Å². The Morgan fingerprint density at radius 2 is 0.880 bits per heavy atom. The van der Waals surface area contributed by atoms with Crippen LogP contribution in [-0.2, 0) is 16.9 Å². The molecule has 0 saturated heterocycles. The molecule has 0 aliphatic carbocycles. The Labute approximate surface area is 310 Å². The van der Waals surface area contributed by atoms with Gasteiger partial charge in [-0.15, -0.1) is 0 Å². The second-order valence-corrected chi connectivity index (χ2v) is 13.8. The molecular formula is C42H28Cl4N4. The largest absolute Gasteiger partial charge is 0.266 e. The van der Waals surface area contributed by atoms with Gasteiger partial charge in [-0.3, -0.25) is 15.3 Å². The molecule has 2 aliphatic heterocycles. The molecule has 8 rings (SSSR count). The fourth-order valence-corrected chi connectivity index (χ4v) is 8.52. The van der Waals surface area contributed by atoms with E-state index < -0.39 is 16.9 Å². The van der Waals surface area contributed by atoms with Crippen molar-refractivity contribution in [3.05, 3.63) is 211 Å². The average Bonchev–Trinajstić information content (AvgIpc) is 3.76. The van der Waals surface area contributed by atoms with E-state index >= 15 is 0 Å². The van der Waals surface area contributed by atoms with Crippen molar-refractivity contribution in [2.45, 2.75) is 16.9 Å². The highest BCUT2D eigenvalue weighted by molar-refractivity contribution is 6.41. The molecule has 0 aromatic heterocycles. The van der Waals surface area contributed by atoms with Gasteiger partial charge in [0.1, 0.15) is 5.54 Å². The summed E-state index contributed by atoms with van der Waals surface area (Å²) >= 11 is 28.9. The highest BCUT2D eigenvalue weighted by Gasteiger charge is 2.66. The van der Waals surface area contributed by atoms with Crippen LogP contribution in [0.25, 0.3) is 0 Å². The lowest BCUT2D eigenvalue weighted by Gasteiger charge is -2.45. The Bertz CT molecular complexity index is 2210. The summed E-state index contributed by atoms with van der Waals surface area (Å²) in [6.45, 7) is 0. The number of hydrogen-bond donors (Lipinski definition) is 1. The SMILES string of the molecule is Clc1cccc(Cl)c1C1(C2(c3c(Cl)cccc3Cl)N=C(c3ccccc3)C(c3ccccc3)(c3ccccc3)N2)N=CC(c2ccccc2)=N1. The number of rotatable bonds is 7. The molecule has 2 unspecified atom stereocenters. The summed E-state index contributed by atoms with van der Waals surface area (Å²) in [6.07, 6.45) is 1.76. The van der Waals surface area contributed by atoms with E-state index in [1.165, 1.54) is 0 Å². The minimum atomic E-state index is -1.65. The second kappa shape index (κ2) is 13.0. The van der Waals surface area contributed by atoms with E-state index in [1.54, 1.807) is 36.5 Å². The van der Waals surface area contributed by atoms with E-state index in [2.05, 4.69) is 41.7 Å². The molecule has 4 nitrogen and oxygen atoms in total. The van der Waals surface area contributed by atoms with Crippen LogP contribution in [0.2, 0.25) is 20.1 Å². The van der Waals surface area contributed by atoms with Gasteiger partial charge in [-0.05, 0) is 41.0 Å². The molecule has 50 heavy (non-hydrogen) atoms. The van der Waals surface area contributed by atoms with Crippen LogP contribution in [0.3, 0.4) is 0 Å². The Kier molecular flexibility index (Phi) is 8.46. The lowest BCUT2D eigenvalue weighted by Crippen LogP contribution is -2.59. The van der Waals surface area contributed by atoms with Crippen molar-refractivity contribution in [3.8, 4) is 0 Å². The number of benzene rings is 6. The second-order valence-electron chi connectivity index (χ2n) is 12.1. The van der Waals surface area contributed by atoms with Crippen LogP contribution in [0.5, 0.6) is 0 Å². The van der Waals surface area contributed by atoms with Gasteiger partial charge in [0.25, 0.3) is 0 Å². The van der Waals surface area contributed by atoms with E-state index in [0.717, 1.165) is 22.3 Å². The smallest absolute Gasteiger partial charge is 0.221 e. The van der Waals surface area contributed by atoms with Crippen molar-refractivity contribution < 1.29 is 0 Å². The molecule has 0 radical (unpaired) electrons. The highest BCUT2D eigenvalue weighted by atomic mass is 35.5. The molecular weight excluding hydrogens is 702 g/mol. The maximum atomic E-state index is 7.28. The van der Waals surface area contributed by atoms with Crippen LogP contribution < -0.4 is 5.32 Å². The van der Waals surface area contributed by atoms with Gasteiger partial charge in [-0.2, -0.15) is 0 Å². The van der Waals surface area contributed by atoms with Crippen LogP contribution in [0.15, 0.2) is 173 Å². The van der Waals surface area contributed by atoms with Crippen LogP contribution >= 0.6 is 46.4 Å². The van der Waals surface area contributed by atoms with E-state index in [4.69, 9.17) is 61.4 Å². The van der Waals surface area contributed by atoms with Crippen molar-refractivity contribution >= 4 is 64.0 Å². The summed E-state index contributed by atoms with van der Waals surface area (Å²) in [7, 11) is 0. The first-order chi connectivity index (χ1) is 24.4. The summed E-state index contributed by atoms with van der Waals surface area (Å²) in [5.74, 6) is 0. The van der Waals surface area contributed by atoms with Crippen molar-refractivity contribution in [2.75, 3.05) is 0 Å². The molecule has 0 fully saturated rings. The first-order valence-corrected chi connectivity index (χ1v) is 17.6. The molecule has 1 N–H and O–H groups in total. The predicted molar refractivity (Wildman–Crippen MR) is 208 cm³/mol. The zero-order valence-corrected chi connectivity index (χ0v) is 29.5. The third-order valence-electron chi connectivity index (χ3n) is 9.33. The summed E-state index contributed by atoms with van der Waals surface area (Å²) in [5, 5.41) is 5.57. The zero-order chi connectivity index (χ0) is 34.3. The fourth-order valence-electron chi connectivity index (χ4n) is 7.19. The highest BCUT2D eigenvalue weighted by Crippen LogP contribution is 2.59. The molecule has 244 valence electrons. The van der Waals surface area contributed by atoms with Crippen LogP contribution in [0, 0.1) is 0 Å². The normalized spacial score (nSPS) is 20.8. The van der Waals surface area contributed by atoms with Gasteiger partial charge in [0.05, 0.1) is 17.6 Å². The number of aliphatic imine (C=N–C) groups is 3. The number of nitrogens with one attached hydrogen (secondary N) is 1. The quantitative estimate of drug-likeness (QED) is 0.175. The van der Waals surface area contributed by atoms with Gasteiger partial charge in [-0.1, -0.05) is 180 Å². The number of halogens is 4. The molecule has 2 aliphatic rings. The van der Waals surface area contributed by atoms with Crippen molar-refractivity contribution in [3.63, 3.8) is 0 Å². The number of nitrogens with zero attached hydrogens (tertiary/aromatic N) is 3. The number of hydrogen-bond acceptors (Lipinski definition) is 4. The molecule has 0 saturated carbocycles. The third-order valence-corrected chi connectivity index (χ3v) is 10.6. The molecule has 8 heteroatoms. The zero-order valence-electron chi connectivity index (χ0n) is 26.4. The molecule has 0 bridgehead atoms. The first-order valence-electron chi connectivity index (χ1n) is 16.1. The summed E-state index contributed by atoms with van der Waals surface area (Å²) in [6, 6.07) is 51.2. The Hall–Kier alpha value is -4.55. The van der Waals surface area contributed by atoms with Crippen molar-refractivity contribution in [1.29, 1.82) is 0 Å². The van der Waals surface area contributed by atoms with Gasteiger partial charge in [0, 0.05) is 36.8 Å². The maximum absolute atomic E-state index is 7.28. The van der Waals surface area contributed by atoms with E-state index in [9.17, 15) is 0 Å². The van der Waals surface area contributed by atoms with Crippen molar-refractivity contribution in [2.24, 2.45) is 15.0 Å². The predicted octanol–water partition coefficient (Wildman–Crippen LogP) is 10.9. The lowest BCUT2D eigenvalue weighted by molar-refractivity contribution is 0.181. The minimum Gasteiger partial charge on any atom is -0.266 e. The first kappa shape index (κ1) is 32.6. The summed E-state index contributed by atoms with van der Waals surface area (Å²) in [4.78, 5) is 16.7. The molecule has 6 aromatic rings. The maximum Gasteiger partial charge on any atom is 0.221 e. The Balaban J connectivity index is 1.58. The van der Waals surface area contributed by atoms with Crippen LogP contribution in [0.1, 0.15) is 33.4 Å². The molecule has 2 heterocycles. The molecule has 0 amide bonds. The van der Waals surface area contributed by atoms with E-state index in [-0.39, 0.29) is 0 Å². The Morgan fingerprint density at radius 1 is 0.440 bits per heavy atom. The summed E-state index contributed by atoms with van der Waals surface area (Å²) < 4.78 is 0. The van der Waals surface area contributed by atoms with Crippen LogP contribution in [0.4, 0.5) is 0 Å². The topological polar surface area (TPSA) is 49.1 Å². The standard InChI is InChI=1S/C42H28Cl4N4/c43-32-23-13-24-33(44)37(32)41(47-27-36(48-41)28-15-5-1-6-16-28)42(38-34(45)25-14-26-35(38)46)49-39(29-17-7-2-8-18-29)40(50-42,30-19-9-3-10-20-30)31-21-11-4-12-22-31/h1-27,50H. The Morgan fingerprint density at radius 3 is 1.38 bits per heavy atom. The van der Waals surface area contributed by atoms with Gasteiger partial charge in [0.2, 0.25) is 5.66 Å². The molecule has 6 aromatic carbocycles. The van der Waals surface area contributed by atoms with E-state index in [0.29, 0.717) is 42.6 Å². The van der Waals surface area contributed by atoms with Gasteiger partial charge >= 0.3 is 0 Å². The summed E-state index contributed by atoms with van der Waals surface area (Å²) in [5.41, 5.74) is 1.56. The lowest BCUT2D eigenvalue weighted by atomic mass is 9.75. The minimum absolute atomic E-state index is 0.366. The van der Waals surface area contributed by atoms with Crippen molar-refractivity contribution in [1.82, 2.24) is 5.32 Å². The van der Waals surface area contributed by atoms with E-state index in [1.807, 2.05) is 91.0 Å². The third kappa shape index (κ3) is 5.06. The fraction of sp³-hybridized carbons (Fsp3) is 0.0714. The average molecular weight is 731 g/mol. The van der Waals surface area contributed by atoms with Gasteiger partial charge in [-0.25, -0.2) is 4.99 Å². The monoisotopic (exact) mass is 728 g/mol.